The van der Waals surface area contributed by atoms with Gasteiger partial charge in [0.25, 0.3) is 0 Å². The number of aliphatic hydroxyl groups is 2. The van der Waals surface area contributed by atoms with E-state index in [4.69, 9.17) is 5.11 Å². The molecule has 0 heterocycles. The first-order valence-corrected chi connectivity index (χ1v) is 5.52. The summed E-state index contributed by atoms with van der Waals surface area (Å²) in [6, 6.07) is 0. The van der Waals surface area contributed by atoms with Crippen molar-refractivity contribution in [2.75, 3.05) is 21.1 Å². The van der Waals surface area contributed by atoms with Crippen LogP contribution in [0.3, 0.4) is 0 Å². The number of hydrogen-bond acceptors (Lipinski definition) is 4. The molecule has 0 aromatic rings. The number of rotatable bonds is 7. The Bertz CT molecular complexity index is 297. The minimum Gasteiger partial charge on any atom is -0.481 e. The third kappa shape index (κ3) is 4.07. The van der Waals surface area contributed by atoms with Gasteiger partial charge in [-0.15, -0.1) is 0 Å². The molecule has 0 aromatic heterocycles. The molecule has 0 radical (unpaired) electrons. The van der Waals surface area contributed by atoms with Gasteiger partial charge in [0.15, 0.2) is 5.78 Å². The quantitative estimate of drug-likeness (QED) is 0.420. The molecule has 3 N–H and O–H groups in total. The normalized spacial score (nSPS) is 17.3. The second kappa shape index (κ2) is 5.57. The summed E-state index contributed by atoms with van der Waals surface area (Å²) in [6.07, 6.45) is -1.73. The Morgan fingerprint density at radius 1 is 1.29 bits per heavy atom. The zero-order valence-electron chi connectivity index (χ0n) is 10.8. The lowest BCUT2D eigenvalue weighted by Crippen LogP contribution is -2.63. The summed E-state index contributed by atoms with van der Waals surface area (Å²) < 4.78 is -0.112. The monoisotopic (exact) mass is 248 g/mol. The maximum Gasteiger partial charge on any atom is 0.307 e. The van der Waals surface area contributed by atoms with E-state index in [1.165, 1.54) is 0 Å². The second-order valence-electron chi connectivity index (χ2n) is 5.16. The zero-order valence-corrected chi connectivity index (χ0v) is 10.8. The van der Waals surface area contributed by atoms with Crippen LogP contribution in [0.1, 0.15) is 26.2 Å². The van der Waals surface area contributed by atoms with Crippen LogP contribution in [0.2, 0.25) is 0 Å². The molecule has 0 rings (SSSR count). The summed E-state index contributed by atoms with van der Waals surface area (Å²) in [6.45, 7) is 1.75. The van der Waals surface area contributed by atoms with E-state index in [1.54, 1.807) is 28.1 Å². The van der Waals surface area contributed by atoms with Crippen molar-refractivity contribution in [1.82, 2.24) is 0 Å². The average molecular weight is 248 g/mol. The minimum absolute atomic E-state index is 0.0425. The molecule has 0 saturated carbocycles. The summed E-state index contributed by atoms with van der Waals surface area (Å²) in [5.74, 6) is -1.95. The van der Waals surface area contributed by atoms with Gasteiger partial charge in [-0.1, -0.05) is 6.92 Å². The number of aliphatic carboxylic acids is 1. The summed E-state index contributed by atoms with van der Waals surface area (Å²) in [7, 11) is 4.74. The fraction of sp³-hybridized carbons (Fsp3) is 0.818. The largest absolute Gasteiger partial charge is 0.481 e. The molecule has 0 spiro atoms. The van der Waals surface area contributed by atoms with Gasteiger partial charge in [-0.2, -0.15) is 0 Å². The van der Waals surface area contributed by atoms with E-state index in [0.717, 1.165) is 0 Å². The number of quaternary nitrogens is 1. The molecule has 0 aliphatic rings. The number of nitrogens with zero attached hydrogens (tertiary/aromatic N) is 1. The Labute approximate surface area is 101 Å². The van der Waals surface area contributed by atoms with Crippen molar-refractivity contribution in [1.29, 1.82) is 0 Å². The molecular weight excluding hydrogens is 226 g/mol. The molecule has 2 unspecified atom stereocenters. The molecule has 17 heavy (non-hydrogen) atoms. The number of likely N-dealkylation sites (N-methyl/N-ethyl adjacent to an activating group) is 1. The van der Waals surface area contributed by atoms with Gasteiger partial charge in [0.05, 0.1) is 27.6 Å². The summed E-state index contributed by atoms with van der Waals surface area (Å²) >= 11 is 0. The predicted octanol–water partition coefficient (Wildman–Crippen LogP) is -0.414. The summed E-state index contributed by atoms with van der Waals surface area (Å²) in [4.78, 5) is 22.5. The van der Waals surface area contributed by atoms with Gasteiger partial charge in [-0.3, -0.25) is 9.59 Å². The zero-order chi connectivity index (χ0) is 13.9. The first kappa shape index (κ1) is 16.0. The van der Waals surface area contributed by atoms with E-state index in [1.807, 2.05) is 0 Å². The number of hydrogen-bond donors (Lipinski definition) is 3. The number of carboxylic acid groups (broad SMARTS) is 1. The van der Waals surface area contributed by atoms with Crippen LogP contribution in [0.5, 0.6) is 0 Å². The molecule has 2 atom stereocenters. The van der Waals surface area contributed by atoms with Crippen LogP contribution >= 0.6 is 0 Å². The highest BCUT2D eigenvalue weighted by Crippen LogP contribution is 2.24. The molecule has 0 fully saturated rings. The maximum absolute atomic E-state index is 11.8. The van der Waals surface area contributed by atoms with Crippen molar-refractivity contribution in [2.45, 2.75) is 38.0 Å². The van der Waals surface area contributed by atoms with Crippen molar-refractivity contribution in [3.8, 4) is 0 Å². The highest BCUT2D eigenvalue weighted by Gasteiger charge is 2.51. The first-order chi connectivity index (χ1) is 7.55. The third-order valence-electron chi connectivity index (χ3n) is 2.54. The van der Waals surface area contributed by atoms with Gasteiger partial charge in [-0.25, -0.2) is 0 Å². The number of ketones is 1. The van der Waals surface area contributed by atoms with Gasteiger partial charge >= 0.3 is 5.97 Å². The van der Waals surface area contributed by atoms with E-state index in [-0.39, 0.29) is 10.9 Å². The molecule has 0 aliphatic heterocycles. The number of carboxylic acids is 1. The van der Waals surface area contributed by atoms with Gasteiger partial charge in [-0.05, 0) is 6.42 Å². The Balaban J connectivity index is 5.23. The van der Waals surface area contributed by atoms with Crippen LogP contribution in [0, 0.1) is 0 Å². The smallest absolute Gasteiger partial charge is 0.307 e. The fourth-order valence-corrected chi connectivity index (χ4v) is 1.65. The molecular formula is C11H22NO5+. The molecule has 0 bridgehead atoms. The Morgan fingerprint density at radius 3 is 2.06 bits per heavy atom. The van der Waals surface area contributed by atoms with E-state index >= 15 is 0 Å². The fourth-order valence-electron chi connectivity index (χ4n) is 1.65. The van der Waals surface area contributed by atoms with Crippen LogP contribution < -0.4 is 0 Å². The highest BCUT2D eigenvalue weighted by molar-refractivity contribution is 5.91. The van der Waals surface area contributed by atoms with Crippen molar-refractivity contribution >= 4 is 11.8 Å². The number of carbonyl (C=O) groups is 2. The molecule has 0 amide bonds. The molecule has 6 nitrogen and oxygen atoms in total. The summed E-state index contributed by atoms with van der Waals surface area (Å²) in [5, 5.41) is 28.9. The number of carbonyl (C=O) groups excluding carboxylic acids is 1. The van der Waals surface area contributed by atoms with Gasteiger partial charge in [0.2, 0.25) is 11.8 Å². The number of Topliss-reactive ketones (excluding diaryl/α,β-unsaturated/α-hetero) is 1. The molecule has 100 valence electrons. The van der Waals surface area contributed by atoms with E-state index < -0.39 is 30.0 Å². The average Bonchev–Trinajstić information content (AvgIpc) is 2.14. The lowest BCUT2D eigenvalue weighted by atomic mass is 9.88. The van der Waals surface area contributed by atoms with Crippen LogP contribution in [-0.2, 0) is 9.59 Å². The second-order valence-corrected chi connectivity index (χ2v) is 5.16. The van der Waals surface area contributed by atoms with Crippen LogP contribution in [0.25, 0.3) is 0 Å². The van der Waals surface area contributed by atoms with Crippen molar-refractivity contribution in [3.63, 3.8) is 0 Å². The predicted molar refractivity (Wildman–Crippen MR) is 61.2 cm³/mol. The SMILES string of the molecule is CCCC(=O)C(O)(CC(=O)O)C(O)[N+](C)(C)C. The lowest BCUT2D eigenvalue weighted by molar-refractivity contribution is -0.925. The number of aliphatic hydroxyl groups excluding tert-OH is 1. The molecule has 0 saturated heterocycles. The Morgan fingerprint density at radius 2 is 1.76 bits per heavy atom. The molecule has 0 aliphatic carbocycles. The lowest BCUT2D eigenvalue weighted by Gasteiger charge is -2.39. The summed E-state index contributed by atoms with van der Waals surface area (Å²) in [5.41, 5.74) is -2.24. The Kier molecular flexibility index (Phi) is 5.25. The minimum atomic E-state index is -2.24. The van der Waals surface area contributed by atoms with Crippen molar-refractivity contribution in [2.24, 2.45) is 0 Å². The first-order valence-electron chi connectivity index (χ1n) is 5.52. The van der Waals surface area contributed by atoms with Crippen LogP contribution in [0.4, 0.5) is 0 Å². The van der Waals surface area contributed by atoms with Crippen LogP contribution in [-0.4, -0.2) is 64.5 Å². The third-order valence-corrected chi connectivity index (χ3v) is 2.54. The highest BCUT2D eigenvalue weighted by atomic mass is 16.4. The topological polar surface area (TPSA) is 94.8 Å². The van der Waals surface area contributed by atoms with E-state index in [2.05, 4.69) is 0 Å². The van der Waals surface area contributed by atoms with E-state index in [9.17, 15) is 19.8 Å². The molecule has 6 heteroatoms. The van der Waals surface area contributed by atoms with Gasteiger partial charge in [0, 0.05) is 6.42 Å². The maximum atomic E-state index is 11.8. The van der Waals surface area contributed by atoms with Crippen LogP contribution in [0.15, 0.2) is 0 Å². The van der Waals surface area contributed by atoms with Crippen molar-refractivity contribution < 1.29 is 29.4 Å². The molecule has 0 aromatic carbocycles. The Hall–Kier alpha value is -0.980. The van der Waals surface area contributed by atoms with Gasteiger partial charge < -0.3 is 19.8 Å². The standard InChI is InChI=1S/C11H21NO5/c1-5-6-8(13)11(17,7-9(14)15)10(16)12(2,3)4/h10,16-17H,5-7H2,1-4H3/p+1. The van der Waals surface area contributed by atoms with Crippen molar-refractivity contribution in [3.05, 3.63) is 0 Å². The van der Waals surface area contributed by atoms with E-state index in [0.29, 0.717) is 6.42 Å². The van der Waals surface area contributed by atoms with Gasteiger partial charge in [0.1, 0.15) is 0 Å².